The van der Waals surface area contributed by atoms with Gasteiger partial charge in [-0.15, -0.1) is 0 Å². The number of piperazine rings is 1. The highest BCUT2D eigenvalue weighted by Gasteiger charge is 2.26. The van der Waals surface area contributed by atoms with Gasteiger partial charge in [-0.05, 0) is 31.0 Å². The Morgan fingerprint density at radius 3 is 2.50 bits per heavy atom. The van der Waals surface area contributed by atoms with Crippen LogP contribution in [0.1, 0.15) is 30.9 Å². The van der Waals surface area contributed by atoms with Crippen LogP contribution >= 0.6 is 0 Å². The molecule has 0 spiro atoms. The summed E-state index contributed by atoms with van der Waals surface area (Å²) in [6.45, 7) is 1.52. The first-order valence-corrected chi connectivity index (χ1v) is 7.14. The summed E-state index contributed by atoms with van der Waals surface area (Å²) in [6.07, 6.45) is 3.53. The summed E-state index contributed by atoms with van der Waals surface area (Å²) < 4.78 is 0. The third-order valence-electron chi connectivity index (χ3n) is 3.91. The van der Waals surface area contributed by atoms with Crippen molar-refractivity contribution in [1.29, 1.82) is 0 Å². The van der Waals surface area contributed by atoms with Gasteiger partial charge in [0.2, 0.25) is 11.8 Å². The zero-order chi connectivity index (χ0) is 13.9. The van der Waals surface area contributed by atoms with Gasteiger partial charge in [0.15, 0.2) is 0 Å². The summed E-state index contributed by atoms with van der Waals surface area (Å²) in [5.74, 6) is -0.458. The first-order valence-electron chi connectivity index (χ1n) is 7.14. The molecule has 2 N–H and O–H groups in total. The van der Waals surface area contributed by atoms with Gasteiger partial charge in [0.05, 0.1) is 13.1 Å². The minimum Gasteiger partial charge on any atom is -0.353 e. The Hall–Kier alpha value is -1.88. The van der Waals surface area contributed by atoms with Crippen LogP contribution in [0, 0.1) is 0 Å². The van der Waals surface area contributed by atoms with Crippen molar-refractivity contribution in [2.75, 3.05) is 24.5 Å². The molecule has 2 aliphatic heterocycles. The lowest BCUT2D eigenvalue weighted by molar-refractivity contribution is -0.130. The number of hydrogen-bond donors (Lipinski definition) is 2. The first-order chi connectivity index (χ1) is 9.74. The predicted octanol–water partition coefficient (Wildman–Crippen LogP) is 0.964. The van der Waals surface area contributed by atoms with Crippen molar-refractivity contribution >= 4 is 17.5 Å². The van der Waals surface area contributed by atoms with Crippen LogP contribution in [0.3, 0.4) is 0 Å². The molecule has 0 saturated carbocycles. The van der Waals surface area contributed by atoms with Crippen molar-refractivity contribution in [3.8, 4) is 0 Å². The number of benzene rings is 1. The van der Waals surface area contributed by atoms with E-state index in [1.54, 1.807) is 0 Å². The Kier molecular flexibility index (Phi) is 3.69. The maximum absolute atomic E-state index is 11.6. The zero-order valence-corrected chi connectivity index (χ0v) is 11.4. The largest absolute Gasteiger partial charge is 0.353 e. The normalized spacial score (nSPS) is 23.6. The van der Waals surface area contributed by atoms with Crippen LogP contribution < -0.4 is 15.5 Å². The molecule has 0 bridgehead atoms. The average molecular weight is 273 g/mol. The van der Waals surface area contributed by atoms with Crippen LogP contribution in [0.2, 0.25) is 0 Å². The molecule has 5 nitrogen and oxygen atoms in total. The molecule has 1 aromatic carbocycles. The van der Waals surface area contributed by atoms with E-state index in [1.807, 2.05) is 23.1 Å². The van der Waals surface area contributed by atoms with E-state index >= 15 is 0 Å². The summed E-state index contributed by atoms with van der Waals surface area (Å²) >= 11 is 0. The summed E-state index contributed by atoms with van der Waals surface area (Å²) in [5.41, 5.74) is 2.19. The molecule has 5 heteroatoms. The number of anilines is 1. The van der Waals surface area contributed by atoms with Crippen molar-refractivity contribution in [3.05, 3.63) is 29.8 Å². The summed E-state index contributed by atoms with van der Waals surface area (Å²) in [5, 5.41) is 5.87. The van der Waals surface area contributed by atoms with Crippen molar-refractivity contribution in [1.82, 2.24) is 10.6 Å². The van der Waals surface area contributed by atoms with Crippen molar-refractivity contribution in [2.24, 2.45) is 0 Å². The van der Waals surface area contributed by atoms with Gasteiger partial charge in [-0.2, -0.15) is 0 Å². The van der Waals surface area contributed by atoms with E-state index in [9.17, 15) is 9.59 Å². The number of hydrogen-bond acceptors (Lipinski definition) is 4. The highest BCUT2D eigenvalue weighted by molar-refractivity contribution is 6.02. The number of nitrogens with one attached hydrogen (secondary N) is 2. The predicted molar refractivity (Wildman–Crippen MR) is 76.4 cm³/mol. The highest BCUT2D eigenvalue weighted by Crippen LogP contribution is 2.31. The number of rotatable bonds is 2. The van der Waals surface area contributed by atoms with Gasteiger partial charge in [-0.3, -0.25) is 14.9 Å². The van der Waals surface area contributed by atoms with E-state index in [0.29, 0.717) is 6.04 Å². The fraction of sp³-hybridized carbons (Fsp3) is 0.467. The summed E-state index contributed by atoms with van der Waals surface area (Å²) in [7, 11) is 0. The lowest BCUT2D eigenvalue weighted by atomic mass is 9.95. The smallest absolute Gasteiger partial charge is 0.246 e. The molecular weight excluding hydrogens is 254 g/mol. The van der Waals surface area contributed by atoms with Crippen LogP contribution in [-0.4, -0.2) is 31.4 Å². The number of para-hydroxylation sites is 1. The number of nitrogens with zero attached hydrogens (tertiary/aromatic N) is 1. The molecule has 2 fully saturated rings. The summed E-state index contributed by atoms with van der Waals surface area (Å²) in [6, 6.07) is 8.38. The third-order valence-corrected chi connectivity index (χ3v) is 3.91. The molecule has 106 valence electrons. The minimum absolute atomic E-state index is 0.229. The van der Waals surface area contributed by atoms with E-state index in [-0.39, 0.29) is 24.9 Å². The van der Waals surface area contributed by atoms with Crippen LogP contribution in [-0.2, 0) is 9.59 Å². The van der Waals surface area contributed by atoms with Gasteiger partial charge in [-0.1, -0.05) is 24.6 Å². The number of amides is 2. The second-order valence-electron chi connectivity index (χ2n) is 5.39. The second-order valence-corrected chi connectivity index (χ2v) is 5.39. The molecule has 20 heavy (non-hydrogen) atoms. The number of carbonyl (C=O) groups is 2. The van der Waals surface area contributed by atoms with Gasteiger partial charge in [0, 0.05) is 11.7 Å². The van der Waals surface area contributed by atoms with E-state index in [0.717, 1.165) is 18.7 Å². The Balaban J connectivity index is 1.88. The van der Waals surface area contributed by atoms with Gasteiger partial charge >= 0.3 is 0 Å². The molecule has 2 amide bonds. The Morgan fingerprint density at radius 2 is 1.80 bits per heavy atom. The van der Waals surface area contributed by atoms with Crippen molar-refractivity contribution in [3.63, 3.8) is 0 Å². The van der Waals surface area contributed by atoms with Gasteiger partial charge in [-0.25, -0.2) is 0 Å². The topological polar surface area (TPSA) is 61.4 Å². The quantitative estimate of drug-likeness (QED) is 0.788. The Bertz CT molecular complexity index is 508. The lowest BCUT2D eigenvalue weighted by Gasteiger charge is -2.32. The van der Waals surface area contributed by atoms with Crippen molar-refractivity contribution < 1.29 is 9.59 Å². The summed E-state index contributed by atoms with van der Waals surface area (Å²) in [4.78, 5) is 25.0. The molecule has 2 saturated heterocycles. The first kappa shape index (κ1) is 13.1. The Labute approximate surface area is 118 Å². The molecule has 0 aliphatic carbocycles. The molecule has 0 aromatic heterocycles. The highest BCUT2D eigenvalue weighted by atomic mass is 16.2. The molecule has 1 aromatic rings. The Morgan fingerprint density at radius 1 is 1.05 bits per heavy atom. The van der Waals surface area contributed by atoms with Crippen LogP contribution in [0.4, 0.5) is 5.69 Å². The molecule has 3 rings (SSSR count). The monoisotopic (exact) mass is 273 g/mol. The SMILES string of the molecule is O=C1CN(c2ccccc2C2CCCCN2)CC(=O)N1. The third kappa shape index (κ3) is 2.67. The lowest BCUT2D eigenvalue weighted by Crippen LogP contribution is -2.52. The second kappa shape index (κ2) is 5.63. The van der Waals surface area contributed by atoms with Gasteiger partial charge in [0.25, 0.3) is 0 Å². The van der Waals surface area contributed by atoms with Crippen LogP contribution in [0.5, 0.6) is 0 Å². The van der Waals surface area contributed by atoms with E-state index < -0.39 is 0 Å². The molecule has 1 atom stereocenters. The fourth-order valence-corrected chi connectivity index (χ4v) is 2.99. The number of carbonyl (C=O) groups excluding carboxylic acids is 2. The van der Waals surface area contributed by atoms with Crippen molar-refractivity contribution in [2.45, 2.75) is 25.3 Å². The van der Waals surface area contributed by atoms with Gasteiger partial charge < -0.3 is 10.2 Å². The van der Waals surface area contributed by atoms with E-state index in [1.165, 1.54) is 18.4 Å². The maximum Gasteiger partial charge on any atom is 0.246 e. The number of imide groups is 1. The molecule has 2 aliphatic rings. The zero-order valence-electron chi connectivity index (χ0n) is 11.4. The fourth-order valence-electron chi connectivity index (χ4n) is 2.99. The maximum atomic E-state index is 11.6. The molecule has 1 unspecified atom stereocenters. The molecule has 0 radical (unpaired) electrons. The minimum atomic E-state index is -0.229. The molecule has 2 heterocycles. The molecular formula is C15H19N3O2. The average Bonchev–Trinajstić information content (AvgIpc) is 2.47. The van der Waals surface area contributed by atoms with Gasteiger partial charge in [0.1, 0.15) is 0 Å². The number of piperidine rings is 1. The standard InChI is InChI=1S/C15H19N3O2/c19-14-9-18(10-15(20)17-14)13-7-2-1-5-11(13)12-6-3-4-8-16-12/h1-2,5,7,12,16H,3-4,6,8-10H2,(H,17,19,20). The van der Waals surface area contributed by atoms with E-state index in [2.05, 4.69) is 16.7 Å². The van der Waals surface area contributed by atoms with Crippen LogP contribution in [0.25, 0.3) is 0 Å². The van der Waals surface area contributed by atoms with E-state index in [4.69, 9.17) is 0 Å². The van der Waals surface area contributed by atoms with Crippen LogP contribution in [0.15, 0.2) is 24.3 Å².